The quantitative estimate of drug-likeness (QED) is 0.266. The number of benzene rings is 3. The van der Waals surface area contributed by atoms with Gasteiger partial charge in [-0.25, -0.2) is 4.98 Å². The first-order valence-corrected chi connectivity index (χ1v) is 16.4. The molecule has 2 aliphatic heterocycles. The molecule has 7 rings (SSSR count). The number of hydrogen-bond acceptors (Lipinski definition) is 7. The van der Waals surface area contributed by atoms with Crippen LogP contribution in [0.25, 0.3) is 11.3 Å². The van der Waals surface area contributed by atoms with Crippen LogP contribution in [-0.4, -0.2) is 63.7 Å². The zero-order chi connectivity index (χ0) is 32.7. The molecule has 10 nitrogen and oxygen atoms in total. The van der Waals surface area contributed by atoms with Gasteiger partial charge in [-0.05, 0) is 86.1 Å². The van der Waals surface area contributed by atoms with Gasteiger partial charge in [-0.3, -0.25) is 14.4 Å². The number of anilines is 3. The molecule has 2 amide bonds. The number of nitrogens with zero attached hydrogens (tertiary/aromatic N) is 4. The summed E-state index contributed by atoms with van der Waals surface area (Å²) >= 11 is 0. The first-order chi connectivity index (χ1) is 22.8. The van der Waals surface area contributed by atoms with Crippen molar-refractivity contribution in [2.45, 2.75) is 51.2 Å². The van der Waals surface area contributed by atoms with Crippen LogP contribution in [0.15, 0.2) is 71.7 Å². The molecule has 1 saturated heterocycles. The minimum absolute atomic E-state index is 0.0510. The molecule has 1 unspecified atom stereocenters. The molecule has 1 aromatic heterocycles. The van der Waals surface area contributed by atoms with E-state index in [9.17, 15) is 19.5 Å². The van der Waals surface area contributed by atoms with Crippen LogP contribution in [0.1, 0.15) is 69.5 Å². The van der Waals surface area contributed by atoms with Crippen molar-refractivity contribution in [3.63, 3.8) is 0 Å². The Labute approximate surface area is 273 Å². The summed E-state index contributed by atoms with van der Waals surface area (Å²) in [4.78, 5) is 48.1. The van der Waals surface area contributed by atoms with Crippen molar-refractivity contribution in [1.29, 1.82) is 0 Å². The average molecular weight is 634 g/mol. The maximum absolute atomic E-state index is 13.7. The van der Waals surface area contributed by atoms with Crippen LogP contribution in [0.4, 0.5) is 17.2 Å². The van der Waals surface area contributed by atoms with Crippen LogP contribution < -0.4 is 15.8 Å². The Kier molecular flexibility index (Phi) is 8.38. The number of fused-ring (bicyclic) bond motifs is 1. The van der Waals surface area contributed by atoms with Crippen LogP contribution in [0.2, 0.25) is 0 Å². The van der Waals surface area contributed by atoms with Crippen molar-refractivity contribution < 1.29 is 19.4 Å². The Morgan fingerprint density at radius 2 is 1.83 bits per heavy atom. The van der Waals surface area contributed by atoms with Gasteiger partial charge >= 0.3 is 0 Å². The number of aliphatic hydroxyl groups excluding tert-OH is 1. The second-order valence-electron chi connectivity index (χ2n) is 12.6. The lowest BCUT2D eigenvalue weighted by Crippen LogP contribution is -2.38. The summed E-state index contributed by atoms with van der Waals surface area (Å²) in [5.41, 5.74) is 6.22. The number of carbonyl (C=O) groups is 2. The summed E-state index contributed by atoms with van der Waals surface area (Å²) < 4.78 is 7.12. The molecule has 10 heteroatoms. The van der Waals surface area contributed by atoms with E-state index in [4.69, 9.17) is 4.74 Å². The second kappa shape index (κ2) is 12.8. The summed E-state index contributed by atoms with van der Waals surface area (Å²) in [6, 6.07) is 18.7. The highest BCUT2D eigenvalue weighted by molar-refractivity contribution is 6.09. The van der Waals surface area contributed by atoms with Gasteiger partial charge in [0, 0.05) is 67.4 Å². The lowest BCUT2D eigenvalue weighted by Gasteiger charge is -2.31. The Morgan fingerprint density at radius 3 is 2.57 bits per heavy atom. The lowest BCUT2D eigenvalue weighted by molar-refractivity contribution is 0.0598. The molecule has 3 heterocycles. The standard InChI is InChI=1S/C37H39N5O5/c1-3-47-28-16-17-41(20-28)35(44)24-9-12-27(13-10-24)38-34-37(46)40(2)21-32(39-34)30-5-4-6-33(31(30)22-43)42-18-15-26-19-25(23-7-8-23)11-14-29(26)36(42)45/h4-6,9-14,19,21,23,28,43H,3,7-8,15-18,20,22H2,1-2H3,(H,38,39). The third-order valence-corrected chi connectivity index (χ3v) is 9.43. The van der Waals surface area contributed by atoms with Crippen molar-refractivity contribution in [2.24, 2.45) is 7.05 Å². The normalized spacial score (nSPS) is 17.6. The number of aliphatic hydroxyl groups is 1. The van der Waals surface area contributed by atoms with Crippen molar-refractivity contribution in [2.75, 3.05) is 36.5 Å². The van der Waals surface area contributed by atoms with E-state index in [0.29, 0.717) is 71.5 Å². The predicted octanol–water partition coefficient (Wildman–Crippen LogP) is 5.01. The highest BCUT2D eigenvalue weighted by Gasteiger charge is 2.31. The van der Waals surface area contributed by atoms with E-state index in [1.165, 1.54) is 23.0 Å². The van der Waals surface area contributed by atoms with E-state index in [2.05, 4.69) is 22.4 Å². The van der Waals surface area contributed by atoms with Crippen LogP contribution in [0.5, 0.6) is 0 Å². The third kappa shape index (κ3) is 6.06. The number of amides is 2. The van der Waals surface area contributed by atoms with Crippen LogP contribution in [0, 0.1) is 0 Å². The van der Waals surface area contributed by atoms with E-state index in [0.717, 1.165) is 18.4 Å². The molecule has 2 fully saturated rings. The van der Waals surface area contributed by atoms with E-state index in [1.54, 1.807) is 47.3 Å². The zero-order valence-corrected chi connectivity index (χ0v) is 26.7. The molecule has 1 atom stereocenters. The molecular formula is C37H39N5O5. The van der Waals surface area contributed by atoms with E-state index in [-0.39, 0.29) is 35.9 Å². The van der Waals surface area contributed by atoms with Gasteiger partial charge < -0.3 is 29.5 Å². The van der Waals surface area contributed by atoms with Crippen LogP contribution >= 0.6 is 0 Å². The molecule has 0 bridgehead atoms. The summed E-state index contributed by atoms with van der Waals surface area (Å²) in [5.74, 6) is 0.589. The molecule has 2 N–H and O–H groups in total. The number of nitrogens with one attached hydrogen (secondary N) is 1. The first-order valence-electron chi connectivity index (χ1n) is 16.4. The van der Waals surface area contributed by atoms with Crippen LogP contribution in [0.3, 0.4) is 0 Å². The van der Waals surface area contributed by atoms with E-state index in [1.807, 2.05) is 31.2 Å². The van der Waals surface area contributed by atoms with E-state index < -0.39 is 0 Å². The number of rotatable bonds is 9. The van der Waals surface area contributed by atoms with Gasteiger partial charge in [-0.1, -0.05) is 24.3 Å². The van der Waals surface area contributed by atoms with Crippen LogP contribution in [-0.2, 0) is 24.8 Å². The number of ether oxygens (including phenoxy) is 1. The van der Waals surface area contributed by atoms with Gasteiger partial charge in [0.05, 0.1) is 24.1 Å². The molecule has 0 radical (unpaired) electrons. The zero-order valence-electron chi connectivity index (χ0n) is 26.7. The number of aryl methyl sites for hydroxylation is 1. The molecule has 4 aromatic rings. The first kappa shape index (κ1) is 30.8. The molecule has 3 aliphatic rings. The molecule has 1 saturated carbocycles. The maximum Gasteiger partial charge on any atom is 0.293 e. The molecule has 1 aliphatic carbocycles. The molecule has 0 spiro atoms. The van der Waals surface area contributed by atoms with Gasteiger partial charge in [0.15, 0.2) is 5.82 Å². The minimum Gasteiger partial charge on any atom is -0.392 e. The monoisotopic (exact) mass is 633 g/mol. The smallest absolute Gasteiger partial charge is 0.293 e. The number of aromatic nitrogens is 2. The fourth-order valence-corrected chi connectivity index (χ4v) is 6.76. The van der Waals surface area contributed by atoms with Crippen molar-refractivity contribution in [3.05, 3.63) is 105 Å². The van der Waals surface area contributed by atoms with Crippen molar-refractivity contribution >= 4 is 29.0 Å². The summed E-state index contributed by atoms with van der Waals surface area (Å²) in [6.07, 6.45) is 5.69. The largest absolute Gasteiger partial charge is 0.392 e. The SMILES string of the molecule is CCOC1CCN(C(=O)c2ccc(Nc3nc(-c4cccc(N5CCc6cc(C7CC7)ccc6C5=O)c4CO)cn(C)c3=O)cc2)C1. The van der Waals surface area contributed by atoms with Gasteiger partial charge in [0.2, 0.25) is 0 Å². The summed E-state index contributed by atoms with van der Waals surface area (Å²) in [7, 11) is 1.65. The second-order valence-corrected chi connectivity index (χ2v) is 12.6. The Hall–Kier alpha value is -4.80. The third-order valence-electron chi connectivity index (χ3n) is 9.43. The number of likely N-dealkylation sites (tertiary alicyclic amines) is 1. The Balaban J connectivity index is 1.13. The highest BCUT2D eigenvalue weighted by atomic mass is 16.5. The molecule has 242 valence electrons. The summed E-state index contributed by atoms with van der Waals surface area (Å²) in [5, 5.41) is 13.7. The molecule has 47 heavy (non-hydrogen) atoms. The Bertz CT molecular complexity index is 1900. The fourth-order valence-electron chi connectivity index (χ4n) is 6.76. The summed E-state index contributed by atoms with van der Waals surface area (Å²) in [6.45, 7) is 4.02. The van der Waals surface area contributed by atoms with Gasteiger partial charge in [-0.2, -0.15) is 0 Å². The maximum atomic E-state index is 13.7. The predicted molar refractivity (Wildman–Crippen MR) is 180 cm³/mol. The lowest BCUT2D eigenvalue weighted by atomic mass is 9.93. The minimum atomic E-state index is -0.331. The number of hydrogen-bond donors (Lipinski definition) is 2. The van der Waals surface area contributed by atoms with Gasteiger partial charge in [0.25, 0.3) is 17.4 Å². The topological polar surface area (TPSA) is 117 Å². The number of carbonyl (C=O) groups excluding carboxylic acids is 2. The average Bonchev–Trinajstić information content (AvgIpc) is 3.84. The fraction of sp³-hybridized carbons (Fsp3) is 0.351. The molecular weight excluding hydrogens is 594 g/mol. The Morgan fingerprint density at radius 1 is 1.02 bits per heavy atom. The highest BCUT2D eigenvalue weighted by Crippen LogP contribution is 2.41. The van der Waals surface area contributed by atoms with Gasteiger partial charge in [0.1, 0.15) is 0 Å². The van der Waals surface area contributed by atoms with Crippen molar-refractivity contribution in [3.8, 4) is 11.3 Å². The van der Waals surface area contributed by atoms with E-state index >= 15 is 0 Å². The molecule has 3 aromatic carbocycles. The van der Waals surface area contributed by atoms with Gasteiger partial charge in [-0.15, -0.1) is 0 Å². The van der Waals surface area contributed by atoms with Crippen molar-refractivity contribution in [1.82, 2.24) is 14.5 Å².